The molecule has 20 heavy (non-hydrogen) atoms. The number of carboxylic acid groups (broad SMARTS) is 1. The lowest BCUT2D eigenvalue weighted by molar-refractivity contribution is 0.0659. The quantitative estimate of drug-likeness (QED) is 0.942. The summed E-state index contributed by atoms with van der Waals surface area (Å²) in [7, 11) is -1.65. The first-order valence-electron chi connectivity index (χ1n) is 5.54. The van der Waals surface area contributed by atoms with Crippen molar-refractivity contribution in [3.63, 3.8) is 0 Å². The van der Waals surface area contributed by atoms with Crippen LogP contribution in [0.3, 0.4) is 0 Å². The molecule has 1 heterocycles. The second-order valence-corrected chi connectivity index (χ2v) is 5.55. The third-order valence-electron chi connectivity index (χ3n) is 2.59. The molecule has 7 heteroatoms. The molecule has 0 radical (unpaired) electrons. The molecule has 2 aromatic rings. The number of carboxylic acids is 1. The summed E-state index contributed by atoms with van der Waals surface area (Å²) >= 11 is 0. The van der Waals surface area contributed by atoms with Crippen LogP contribution < -0.4 is 0 Å². The minimum atomic E-state index is -1.65. The van der Waals surface area contributed by atoms with E-state index in [4.69, 9.17) is 9.52 Å². The number of halogens is 2. The van der Waals surface area contributed by atoms with Crippen LogP contribution in [0.5, 0.6) is 0 Å². The van der Waals surface area contributed by atoms with Crippen LogP contribution in [0.25, 0.3) is 0 Å². The number of benzene rings is 1. The van der Waals surface area contributed by atoms with E-state index in [0.29, 0.717) is 5.56 Å². The predicted octanol–water partition coefficient (Wildman–Crippen LogP) is 2.87. The predicted molar refractivity (Wildman–Crippen MR) is 66.9 cm³/mol. The lowest BCUT2D eigenvalue weighted by atomic mass is 10.3. The SMILES string of the molecule is Cc1cc(CS(=O)c2ccc(F)c(F)c2)oc1C(=O)O. The zero-order valence-corrected chi connectivity index (χ0v) is 11.2. The van der Waals surface area contributed by atoms with Crippen LogP contribution in [0, 0.1) is 18.6 Å². The summed E-state index contributed by atoms with van der Waals surface area (Å²) in [6, 6.07) is 4.40. The molecule has 1 aromatic carbocycles. The van der Waals surface area contributed by atoms with E-state index in [1.165, 1.54) is 12.1 Å². The van der Waals surface area contributed by atoms with Gasteiger partial charge in [0, 0.05) is 10.5 Å². The van der Waals surface area contributed by atoms with Crippen molar-refractivity contribution >= 4 is 16.8 Å². The number of aromatic carboxylic acids is 1. The molecule has 0 aliphatic heterocycles. The number of hydrogen-bond donors (Lipinski definition) is 1. The lowest BCUT2D eigenvalue weighted by Gasteiger charge is -2.01. The highest BCUT2D eigenvalue weighted by Crippen LogP contribution is 2.20. The van der Waals surface area contributed by atoms with Crippen molar-refractivity contribution in [2.24, 2.45) is 0 Å². The number of aryl methyl sites for hydroxylation is 1. The molecular weight excluding hydrogens is 290 g/mol. The summed E-state index contributed by atoms with van der Waals surface area (Å²) in [4.78, 5) is 10.9. The van der Waals surface area contributed by atoms with Crippen LogP contribution in [-0.4, -0.2) is 15.3 Å². The Kier molecular flexibility index (Phi) is 3.99. The third-order valence-corrected chi connectivity index (χ3v) is 3.92. The first kappa shape index (κ1) is 14.4. The van der Waals surface area contributed by atoms with Crippen molar-refractivity contribution in [3.05, 3.63) is 53.0 Å². The highest BCUT2D eigenvalue weighted by atomic mass is 32.2. The molecule has 1 N–H and O–H groups in total. The molecule has 0 aliphatic carbocycles. The monoisotopic (exact) mass is 300 g/mol. The molecule has 0 saturated heterocycles. The van der Waals surface area contributed by atoms with Gasteiger partial charge in [0.25, 0.3) is 0 Å². The van der Waals surface area contributed by atoms with E-state index in [0.717, 1.165) is 12.1 Å². The fourth-order valence-corrected chi connectivity index (χ4v) is 2.68. The molecule has 2 rings (SSSR count). The van der Waals surface area contributed by atoms with Gasteiger partial charge in [0.2, 0.25) is 5.76 Å². The molecule has 0 fully saturated rings. The number of rotatable bonds is 4. The zero-order chi connectivity index (χ0) is 14.9. The van der Waals surface area contributed by atoms with Crippen LogP contribution >= 0.6 is 0 Å². The smallest absolute Gasteiger partial charge is 0.372 e. The van der Waals surface area contributed by atoms with Gasteiger partial charge in [-0.1, -0.05) is 0 Å². The molecule has 1 aromatic heterocycles. The number of carbonyl (C=O) groups is 1. The molecular formula is C13H10F2O4S. The highest BCUT2D eigenvalue weighted by molar-refractivity contribution is 7.84. The Bertz CT molecular complexity index is 694. The number of furan rings is 1. The topological polar surface area (TPSA) is 67.5 Å². The van der Waals surface area contributed by atoms with E-state index in [1.807, 2.05) is 0 Å². The normalized spacial score (nSPS) is 12.3. The first-order valence-corrected chi connectivity index (χ1v) is 6.86. The molecule has 4 nitrogen and oxygen atoms in total. The van der Waals surface area contributed by atoms with Gasteiger partial charge in [-0.3, -0.25) is 4.21 Å². The Hall–Kier alpha value is -2.02. The van der Waals surface area contributed by atoms with Gasteiger partial charge >= 0.3 is 5.97 Å². The molecule has 1 unspecified atom stereocenters. The van der Waals surface area contributed by atoms with Gasteiger partial charge in [0.05, 0.1) is 16.6 Å². The maximum atomic E-state index is 13.0. The van der Waals surface area contributed by atoms with E-state index in [2.05, 4.69) is 0 Å². The van der Waals surface area contributed by atoms with Gasteiger partial charge in [0.1, 0.15) is 5.76 Å². The molecule has 1 atom stereocenters. The van der Waals surface area contributed by atoms with Crippen LogP contribution in [0.4, 0.5) is 8.78 Å². The van der Waals surface area contributed by atoms with Gasteiger partial charge in [-0.25, -0.2) is 13.6 Å². The molecule has 106 valence electrons. The van der Waals surface area contributed by atoms with Crippen LogP contribution in [0.1, 0.15) is 21.9 Å². The Balaban J connectivity index is 2.21. The summed E-state index contributed by atoms with van der Waals surface area (Å²) < 4.78 is 42.9. The third kappa shape index (κ3) is 2.93. The molecule has 0 bridgehead atoms. The van der Waals surface area contributed by atoms with Crippen molar-refractivity contribution in [1.82, 2.24) is 0 Å². The van der Waals surface area contributed by atoms with Gasteiger partial charge in [-0.15, -0.1) is 0 Å². The van der Waals surface area contributed by atoms with Crippen LogP contribution in [-0.2, 0) is 16.6 Å². The molecule has 0 spiro atoms. The summed E-state index contributed by atoms with van der Waals surface area (Å²) in [6.45, 7) is 1.55. The van der Waals surface area contributed by atoms with E-state index in [-0.39, 0.29) is 22.2 Å². The van der Waals surface area contributed by atoms with Gasteiger partial charge in [-0.2, -0.15) is 0 Å². The second kappa shape index (κ2) is 5.54. The maximum Gasteiger partial charge on any atom is 0.372 e. The van der Waals surface area contributed by atoms with Crippen LogP contribution in [0.15, 0.2) is 33.6 Å². The average molecular weight is 300 g/mol. The van der Waals surface area contributed by atoms with Crippen molar-refractivity contribution in [2.45, 2.75) is 17.6 Å². The summed E-state index contributed by atoms with van der Waals surface area (Å²) in [5.41, 5.74) is 0.412. The lowest BCUT2D eigenvalue weighted by Crippen LogP contribution is -1.98. The largest absolute Gasteiger partial charge is 0.475 e. The van der Waals surface area contributed by atoms with Gasteiger partial charge in [0.15, 0.2) is 11.6 Å². The summed E-state index contributed by atoms with van der Waals surface area (Å²) in [5, 5.41) is 8.84. The van der Waals surface area contributed by atoms with Crippen molar-refractivity contribution < 1.29 is 27.3 Å². The van der Waals surface area contributed by atoms with E-state index in [1.54, 1.807) is 6.92 Å². The van der Waals surface area contributed by atoms with E-state index in [9.17, 15) is 17.8 Å². The summed E-state index contributed by atoms with van der Waals surface area (Å²) in [5.74, 6) is -3.44. The van der Waals surface area contributed by atoms with Crippen molar-refractivity contribution in [3.8, 4) is 0 Å². The summed E-state index contributed by atoms with van der Waals surface area (Å²) in [6.07, 6.45) is 0. The fourth-order valence-electron chi connectivity index (χ4n) is 1.66. The standard InChI is InChI=1S/C13H10F2O4S/c1-7-4-8(19-12(7)13(16)17)6-20(18)9-2-3-10(14)11(15)5-9/h2-5H,6H2,1H3,(H,16,17). The van der Waals surface area contributed by atoms with Gasteiger partial charge in [-0.05, 0) is 31.2 Å². The number of hydrogen-bond acceptors (Lipinski definition) is 3. The highest BCUT2D eigenvalue weighted by Gasteiger charge is 2.17. The van der Waals surface area contributed by atoms with Crippen LogP contribution in [0.2, 0.25) is 0 Å². The molecule has 0 amide bonds. The average Bonchev–Trinajstić information content (AvgIpc) is 2.73. The fraction of sp³-hybridized carbons (Fsp3) is 0.154. The second-order valence-electron chi connectivity index (χ2n) is 4.10. The Labute approximate surface area is 115 Å². The van der Waals surface area contributed by atoms with Gasteiger partial charge < -0.3 is 9.52 Å². The minimum absolute atomic E-state index is 0.106. The Morgan fingerprint density at radius 3 is 2.55 bits per heavy atom. The van der Waals surface area contributed by atoms with E-state index < -0.39 is 28.4 Å². The van der Waals surface area contributed by atoms with E-state index >= 15 is 0 Å². The minimum Gasteiger partial charge on any atom is -0.475 e. The molecule has 0 aliphatic rings. The maximum absolute atomic E-state index is 13.0. The molecule has 0 saturated carbocycles. The van der Waals surface area contributed by atoms with Crippen molar-refractivity contribution in [2.75, 3.05) is 0 Å². The van der Waals surface area contributed by atoms with Crippen molar-refractivity contribution in [1.29, 1.82) is 0 Å². The first-order chi connectivity index (χ1) is 9.38. The zero-order valence-electron chi connectivity index (χ0n) is 10.4. The Morgan fingerprint density at radius 2 is 2.00 bits per heavy atom. The Morgan fingerprint density at radius 1 is 1.30 bits per heavy atom.